The lowest BCUT2D eigenvalue weighted by Crippen LogP contribution is -2.14. The minimum absolute atomic E-state index is 0.215. The van der Waals surface area contributed by atoms with Crippen molar-refractivity contribution in [3.05, 3.63) is 65.2 Å². The Labute approximate surface area is 155 Å². The highest BCUT2D eigenvalue weighted by molar-refractivity contribution is 6.03. The Morgan fingerprint density at radius 2 is 1.81 bits per heavy atom. The molecule has 1 aromatic heterocycles. The Kier molecular flexibility index (Phi) is 5.35. The van der Waals surface area contributed by atoms with Crippen molar-refractivity contribution in [3.63, 3.8) is 0 Å². The number of nitrogens with zero attached hydrogens (tertiary/aromatic N) is 3. The van der Waals surface area contributed by atoms with Crippen molar-refractivity contribution in [2.75, 3.05) is 19.5 Å². The first kappa shape index (κ1) is 18.4. The van der Waals surface area contributed by atoms with Crippen molar-refractivity contribution in [1.82, 2.24) is 15.0 Å². The average molecular weight is 370 g/mol. The van der Waals surface area contributed by atoms with Crippen LogP contribution in [-0.2, 0) is 6.54 Å². The molecule has 27 heavy (non-hydrogen) atoms. The number of benzene rings is 2. The van der Waals surface area contributed by atoms with E-state index >= 15 is 0 Å². The van der Waals surface area contributed by atoms with Crippen LogP contribution in [0, 0.1) is 12.7 Å². The molecule has 7 nitrogen and oxygen atoms in total. The number of amides is 1. The first-order valence-electron chi connectivity index (χ1n) is 8.19. The molecular weight excluding hydrogens is 351 g/mol. The Morgan fingerprint density at radius 3 is 2.48 bits per heavy atom. The predicted molar refractivity (Wildman–Crippen MR) is 97.8 cm³/mol. The Hall–Kier alpha value is -3.42. The maximum atomic E-state index is 13.0. The molecule has 0 spiro atoms. The molecule has 0 atom stereocenters. The third-order valence-corrected chi connectivity index (χ3v) is 4.08. The summed E-state index contributed by atoms with van der Waals surface area (Å²) in [5.74, 6) is 0.387. The van der Waals surface area contributed by atoms with Gasteiger partial charge in [0.1, 0.15) is 5.82 Å². The molecule has 0 radical (unpaired) electrons. The van der Waals surface area contributed by atoms with Crippen LogP contribution >= 0.6 is 0 Å². The zero-order valence-corrected chi connectivity index (χ0v) is 15.2. The van der Waals surface area contributed by atoms with Gasteiger partial charge in [-0.25, -0.2) is 9.07 Å². The van der Waals surface area contributed by atoms with Crippen molar-refractivity contribution < 1.29 is 18.7 Å². The Bertz CT molecular complexity index is 954. The number of anilines is 1. The number of halogens is 1. The number of carbonyl (C=O) groups excluding carboxylic acids is 1. The van der Waals surface area contributed by atoms with Crippen LogP contribution in [0.3, 0.4) is 0 Å². The summed E-state index contributed by atoms with van der Waals surface area (Å²) in [6.45, 7) is 2.15. The number of hydrogen-bond acceptors (Lipinski definition) is 5. The molecule has 0 saturated carbocycles. The molecular formula is C19H19FN4O3. The topological polar surface area (TPSA) is 78.3 Å². The minimum Gasteiger partial charge on any atom is -0.493 e. The third-order valence-electron chi connectivity index (χ3n) is 4.08. The second kappa shape index (κ2) is 7.86. The second-order valence-corrected chi connectivity index (χ2v) is 5.83. The maximum absolute atomic E-state index is 13.0. The number of nitrogens with one attached hydrogen (secondary N) is 1. The SMILES string of the molecule is COc1ccc(NC(=O)c2nnn(Cc3ccc(F)cc3)c2C)cc1OC. The van der Waals surface area contributed by atoms with Crippen LogP contribution in [0.25, 0.3) is 0 Å². The van der Waals surface area contributed by atoms with E-state index in [1.165, 1.54) is 19.2 Å². The van der Waals surface area contributed by atoms with Gasteiger partial charge in [0.25, 0.3) is 5.91 Å². The van der Waals surface area contributed by atoms with E-state index in [-0.39, 0.29) is 17.4 Å². The van der Waals surface area contributed by atoms with Crippen LogP contribution in [-0.4, -0.2) is 35.1 Å². The van der Waals surface area contributed by atoms with Crippen LogP contribution in [0.5, 0.6) is 11.5 Å². The fourth-order valence-corrected chi connectivity index (χ4v) is 2.59. The van der Waals surface area contributed by atoms with E-state index in [0.717, 1.165) is 5.56 Å². The molecule has 0 aliphatic carbocycles. The predicted octanol–water partition coefficient (Wildman–Crippen LogP) is 3.04. The number of hydrogen-bond donors (Lipinski definition) is 1. The largest absolute Gasteiger partial charge is 0.493 e. The van der Waals surface area contributed by atoms with E-state index in [4.69, 9.17) is 9.47 Å². The van der Waals surface area contributed by atoms with E-state index in [0.29, 0.717) is 29.4 Å². The monoisotopic (exact) mass is 370 g/mol. The summed E-state index contributed by atoms with van der Waals surface area (Å²) in [7, 11) is 3.06. The van der Waals surface area contributed by atoms with E-state index in [1.54, 1.807) is 49.0 Å². The molecule has 0 fully saturated rings. The van der Waals surface area contributed by atoms with Crippen molar-refractivity contribution >= 4 is 11.6 Å². The summed E-state index contributed by atoms with van der Waals surface area (Å²) in [5, 5.41) is 10.8. The lowest BCUT2D eigenvalue weighted by atomic mass is 10.2. The number of rotatable bonds is 6. The summed E-state index contributed by atoms with van der Waals surface area (Å²) in [5.41, 5.74) is 2.23. The van der Waals surface area contributed by atoms with Crippen LogP contribution in [0.1, 0.15) is 21.7 Å². The standard InChI is InChI=1S/C19H19FN4O3/c1-12-18(22-23-24(12)11-13-4-6-14(20)7-5-13)19(25)21-15-8-9-16(26-2)17(10-15)27-3/h4-10H,11H2,1-3H3,(H,21,25). The zero-order valence-electron chi connectivity index (χ0n) is 15.2. The first-order valence-corrected chi connectivity index (χ1v) is 8.19. The molecule has 1 N–H and O–H groups in total. The lowest BCUT2D eigenvalue weighted by molar-refractivity contribution is 0.102. The summed E-state index contributed by atoms with van der Waals surface area (Å²) in [4.78, 5) is 12.6. The molecule has 0 saturated heterocycles. The Balaban J connectivity index is 1.76. The van der Waals surface area contributed by atoms with Crippen molar-refractivity contribution in [2.45, 2.75) is 13.5 Å². The van der Waals surface area contributed by atoms with Crippen molar-refractivity contribution in [1.29, 1.82) is 0 Å². The van der Waals surface area contributed by atoms with Crippen LogP contribution in [0.2, 0.25) is 0 Å². The van der Waals surface area contributed by atoms with Gasteiger partial charge in [0.2, 0.25) is 0 Å². The molecule has 2 aromatic carbocycles. The summed E-state index contributed by atoms with van der Waals surface area (Å²) in [6, 6.07) is 11.2. The summed E-state index contributed by atoms with van der Waals surface area (Å²) >= 11 is 0. The molecule has 8 heteroatoms. The lowest BCUT2D eigenvalue weighted by Gasteiger charge is -2.10. The van der Waals surface area contributed by atoms with Gasteiger partial charge in [-0.05, 0) is 36.8 Å². The van der Waals surface area contributed by atoms with Gasteiger partial charge in [0.15, 0.2) is 17.2 Å². The molecule has 1 amide bonds. The van der Waals surface area contributed by atoms with Crippen molar-refractivity contribution in [2.24, 2.45) is 0 Å². The highest BCUT2D eigenvalue weighted by Gasteiger charge is 2.17. The molecule has 3 rings (SSSR count). The van der Waals surface area contributed by atoms with Gasteiger partial charge < -0.3 is 14.8 Å². The quantitative estimate of drug-likeness (QED) is 0.722. The summed E-state index contributed by atoms with van der Waals surface area (Å²) in [6.07, 6.45) is 0. The minimum atomic E-state index is -0.384. The number of methoxy groups -OCH3 is 2. The normalized spacial score (nSPS) is 10.5. The highest BCUT2D eigenvalue weighted by atomic mass is 19.1. The average Bonchev–Trinajstić information content (AvgIpc) is 3.04. The fourth-order valence-electron chi connectivity index (χ4n) is 2.59. The van der Waals surface area contributed by atoms with E-state index < -0.39 is 0 Å². The van der Waals surface area contributed by atoms with Crippen LogP contribution < -0.4 is 14.8 Å². The maximum Gasteiger partial charge on any atom is 0.278 e. The molecule has 0 unspecified atom stereocenters. The molecule has 0 bridgehead atoms. The van der Waals surface area contributed by atoms with Gasteiger partial charge in [-0.15, -0.1) is 5.10 Å². The van der Waals surface area contributed by atoms with Gasteiger partial charge in [0.05, 0.1) is 26.5 Å². The smallest absolute Gasteiger partial charge is 0.278 e. The number of carbonyl (C=O) groups is 1. The molecule has 140 valence electrons. The third kappa shape index (κ3) is 4.05. The van der Waals surface area contributed by atoms with Gasteiger partial charge in [0, 0.05) is 11.8 Å². The van der Waals surface area contributed by atoms with Gasteiger partial charge >= 0.3 is 0 Å². The molecule has 3 aromatic rings. The fraction of sp³-hybridized carbons (Fsp3) is 0.211. The van der Waals surface area contributed by atoms with Crippen molar-refractivity contribution in [3.8, 4) is 11.5 Å². The van der Waals surface area contributed by atoms with Crippen LogP contribution in [0.15, 0.2) is 42.5 Å². The van der Waals surface area contributed by atoms with Gasteiger partial charge in [-0.2, -0.15) is 0 Å². The molecule has 0 aliphatic rings. The first-order chi connectivity index (χ1) is 13.0. The second-order valence-electron chi connectivity index (χ2n) is 5.83. The molecule has 0 aliphatic heterocycles. The highest BCUT2D eigenvalue weighted by Crippen LogP contribution is 2.29. The van der Waals surface area contributed by atoms with Gasteiger partial charge in [-0.3, -0.25) is 4.79 Å². The van der Waals surface area contributed by atoms with Gasteiger partial charge in [-0.1, -0.05) is 17.3 Å². The number of aromatic nitrogens is 3. The van der Waals surface area contributed by atoms with E-state index in [2.05, 4.69) is 15.6 Å². The van der Waals surface area contributed by atoms with Crippen LogP contribution in [0.4, 0.5) is 10.1 Å². The summed E-state index contributed by atoms with van der Waals surface area (Å²) < 4.78 is 25.0. The van der Waals surface area contributed by atoms with E-state index in [9.17, 15) is 9.18 Å². The zero-order chi connectivity index (χ0) is 19.4. The van der Waals surface area contributed by atoms with E-state index in [1.807, 2.05) is 0 Å². The molecule has 1 heterocycles. The Morgan fingerprint density at radius 1 is 1.11 bits per heavy atom. The number of ether oxygens (including phenoxy) is 2.